The highest BCUT2D eigenvalue weighted by Gasteiger charge is 2.16. The Balaban J connectivity index is 1.59. The van der Waals surface area contributed by atoms with Crippen LogP contribution in [0.2, 0.25) is 0 Å². The van der Waals surface area contributed by atoms with Crippen molar-refractivity contribution in [3.8, 4) is 5.75 Å². The minimum absolute atomic E-state index is 0.0433. The van der Waals surface area contributed by atoms with E-state index in [0.717, 1.165) is 16.2 Å². The maximum absolute atomic E-state index is 12.9. The van der Waals surface area contributed by atoms with Crippen molar-refractivity contribution >= 4 is 17.7 Å². The SMILES string of the molecule is Cc1noc(CSc2ccccc2C(=O)N(C)CCOc2ccccc2C)n1. The van der Waals surface area contributed by atoms with Crippen molar-refractivity contribution in [1.82, 2.24) is 15.0 Å². The van der Waals surface area contributed by atoms with Crippen LogP contribution >= 0.6 is 11.8 Å². The van der Waals surface area contributed by atoms with Gasteiger partial charge in [0.15, 0.2) is 5.82 Å². The van der Waals surface area contributed by atoms with E-state index in [1.54, 1.807) is 18.9 Å². The van der Waals surface area contributed by atoms with Crippen molar-refractivity contribution in [3.63, 3.8) is 0 Å². The molecule has 0 radical (unpaired) electrons. The minimum Gasteiger partial charge on any atom is -0.491 e. The first kappa shape index (κ1) is 19.9. The summed E-state index contributed by atoms with van der Waals surface area (Å²) in [5, 5.41) is 3.79. The Kier molecular flexibility index (Phi) is 6.71. The summed E-state index contributed by atoms with van der Waals surface area (Å²) in [7, 11) is 1.78. The summed E-state index contributed by atoms with van der Waals surface area (Å²) in [6, 6.07) is 15.4. The Labute approximate surface area is 168 Å². The lowest BCUT2D eigenvalue weighted by Crippen LogP contribution is -2.31. The number of carbonyl (C=O) groups is 1. The van der Waals surface area contributed by atoms with Gasteiger partial charge in [0, 0.05) is 11.9 Å². The minimum atomic E-state index is -0.0433. The molecule has 146 valence electrons. The molecule has 1 aromatic heterocycles. The van der Waals surface area contributed by atoms with Gasteiger partial charge in [0.2, 0.25) is 5.89 Å². The first-order valence-corrected chi connectivity index (χ1v) is 9.98. The van der Waals surface area contributed by atoms with E-state index in [1.165, 1.54) is 11.8 Å². The molecule has 7 heteroatoms. The third-order valence-corrected chi connectivity index (χ3v) is 5.22. The van der Waals surface area contributed by atoms with Crippen LogP contribution in [0.25, 0.3) is 0 Å². The number of aryl methyl sites for hydroxylation is 2. The van der Waals surface area contributed by atoms with Crippen LogP contribution in [0.4, 0.5) is 0 Å². The van der Waals surface area contributed by atoms with Gasteiger partial charge in [-0.1, -0.05) is 35.5 Å². The quantitative estimate of drug-likeness (QED) is 0.533. The van der Waals surface area contributed by atoms with Gasteiger partial charge in [0.05, 0.1) is 17.9 Å². The van der Waals surface area contributed by atoms with E-state index in [4.69, 9.17) is 9.26 Å². The van der Waals surface area contributed by atoms with Gasteiger partial charge in [-0.25, -0.2) is 0 Å². The third kappa shape index (κ3) is 5.13. The number of aromatic nitrogens is 2. The zero-order valence-electron chi connectivity index (χ0n) is 16.2. The van der Waals surface area contributed by atoms with Crippen LogP contribution in [-0.4, -0.2) is 41.1 Å². The molecule has 0 aliphatic rings. The standard InChI is InChI=1S/C21H23N3O3S/c1-15-8-4-6-10-18(15)26-13-12-24(3)21(25)17-9-5-7-11-19(17)28-14-20-22-16(2)23-27-20/h4-11H,12-14H2,1-3H3. The summed E-state index contributed by atoms with van der Waals surface area (Å²) in [6.45, 7) is 4.71. The molecule has 0 unspecified atom stereocenters. The molecule has 0 saturated heterocycles. The molecular formula is C21H23N3O3S. The number of nitrogens with zero attached hydrogens (tertiary/aromatic N) is 3. The average molecular weight is 398 g/mol. The second-order valence-electron chi connectivity index (χ2n) is 6.36. The Morgan fingerprint density at radius 3 is 2.64 bits per heavy atom. The number of benzene rings is 2. The summed E-state index contributed by atoms with van der Waals surface area (Å²) in [6.07, 6.45) is 0. The summed E-state index contributed by atoms with van der Waals surface area (Å²) in [4.78, 5) is 19.7. The molecule has 0 aliphatic heterocycles. The number of amides is 1. The summed E-state index contributed by atoms with van der Waals surface area (Å²) in [5.74, 6) is 2.47. The molecule has 0 N–H and O–H groups in total. The van der Waals surface area contributed by atoms with Crippen molar-refractivity contribution in [2.24, 2.45) is 0 Å². The van der Waals surface area contributed by atoms with E-state index in [0.29, 0.717) is 36.2 Å². The first-order valence-electron chi connectivity index (χ1n) is 8.99. The van der Waals surface area contributed by atoms with Crippen LogP contribution in [0.1, 0.15) is 27.6 Å². The van der Waals surface area contributed by atoms with Crippen LogP contribution in [-0.2, 0) is 5.75 Å². The average Bonchev–Trinajstić information content (AvgIpc) is 3.12. The van der Waals surface area contributed by atoms with Crippen LogP contribution < -0.4 is 4.74 Å². The van der Waals surface area contributed by atoms with Crippen molar-refractivity contribution in [3.05, 3.63) is 71.4 Å². The van der Waals surface area contributed by atoms with Gasteiger partial charge in [0.1, 0.15) is 12.4 Å². The van der Waals surface area contributed by atoms with Crippen LogP contribution in [0.5, 0.6) is 5.75 Å². The Morgan fingerprint density at radius 2 is 1.89 bits per heavy atom. The Morgan fingerprint density at radius 1 is 1.14 bits per heavy atom. The topological polar surface area (TPSA) is 68.5 Å². The lowest BCUT2D eigenvalue weighted by Gasteiger charge is -2.19. The Bertz CT molecular complexity index is 942. The van der Waals surface area contributed by atoms with Crippen molar-refractivity contribution in [2.75, 3.05) is 20.2 Å². The molecule has 0 spiro atoms. The van der Waals surface area contributed by atoms with Crippen molar-refractivity contribution in [2.45, 2.75) is 24.5 Å². The number of thioether (sulfide) groups is 1. The van der Waals surface area contributed by atoms with E-state index in [1.807, 2.05) is 55.5 Å². The van der Waals surface area contributed by atoms with Crippen molar-refractivity contribution in [1.29, 1.82) is 0 Å². The largest absolute Gasteiger partial charge is 0.491 e. The molecule has 28 heavy (non-hydrogen) atoms. The smallest absolute Gasteiger partial charge is 0.254 e. The van der Waals surface area contributed by atoms with Gasteiger partial charge < -0.3 is 14.2 Å². The fourth-order valence-electron chi connectivity index (χ4n) is 2.63. The van der Waals surface area contributed by atoms with Gasteiger partial charge in [0.25, 0.3) is 5.91 Å². The molecule has 0 aliphatic carbocycles. The van der Waals surface area contributed by atoms with Gasteiger partial charge in [-0.3, -0.25) is 4.79 Å². The number of para-hydroxylation sites is 1. The zero-order valence-corrected chi connectivity index (χ0v) is 17.0. The van der Waals surface area contributed by atoms with Crippen molar-refractivity contribution < 1.29 is 14.1 Å². The monoisotopic (exact) mass is 397 g/mol. The summed E-state index contributed by atoms with van der Waals surface area (Å²) < 4.78 is 10.9. The molecule has 0 saturated carbocycles. The maximum Gasteiger partial charge on any atom is 0.254 e. The van der Waals surface area contributed by atoms with Gasteiger partial charge in [-0.2, -0.15) is 4.98 Å². The van der Waals surface area contributed by atoms with E-state index in [2.05, 4.69) is 10.1 Å². The number of ether oxygens (including phenoxy) is 1. The van der Waals surface area contributed by atoms with E-state index in [9.17, 15) is 4.79 Å². The summed E-state index contributed by atoms with van der Waals surface area (Å²) >= 11 is 1.51. The number of hydrogen-bond donors (Lipinski definition) is 0. The second kappa shape index (κ2) is 9.41. The lowest BCUT2D eigenvalue weighted by molar-refractivity contribution is 0.0770. The van der Waals surface area contributed by atoms with Crippen LogP contribution in [0, 0.1) is 13.8 Å². The van der Waals surface area contributed by atoms with E-state index < -0.39 is 0 Å². The van der Waals surface area contributed by atoms with Gasteiger partial charge in [-0.15, -0.1) is 11.8 Å². The molecule has 1 amide bonds. The van der Waals surface area contributed by atoms with Crippen LogP contribution in [0.3, 0.4) is 0 Å². The molecule has 6 nitrogen and oxygen atoms in total. The highest BCUT2D eigenvalue weighted by molar-refractivity contribution is 7.98. The highest BCUT2D eigenvalue weighted by atomic mass is 32.2. The molecule has 2 aromatic carbocycles. The fraction of sp³-hybridized carbons (Fsp3) is 0.286. The van der Waals surface area contributed by atoms with E-state index >= 15 is 0 Å². The number of hydrogen-bond acceptors (Lipinski definition) is 6. The predicted octanol–water partition coefficient (Wildman–Crippen LogP) is 4.13. The molecule has 0 fully saturated rings. The molecule has 0 atom stereocenters. The molecular weight excluding hydrogens is 374 g/mol. The molecule has 3 rings (SSSR count). The molecule has 0 bridgehead atoms. The maximum atomic E-state index is 12.9. The number of likely N-dealkylation sites (N-methyl/N-ethyl adjacent to an activating group) is 1. The van der Waals surface area contributed by atoms with Crippen LogP contribution in [0.15, 0.2) is 57.9 Å². The van der Waals surface area contributed by atoms with E-state index in [-0.39, 0.29) is 5.91 Å². The number of carbonyl (C=O) groups excluding carboxylic acids is 1. The second-order valence-corrected chi connectivity index (χ2v) is 7.38. The molecule has 3 aromatic rings. The number of rotatable bonds is 8. The summed E-state index contributed by atoms with van der Waals surface area (Å²) in [5.41, 5.74) is 1.73. The molecule has 1 heterocycles. The fourth-order valence-corrected chi connectivity index (χ4v) is 3.51. The normalized spacial score (nSPS) is 10.7. The third-order valence-electron chi connectivity index (χ3n) is 4.16. The predicted molar refractivity (Wildman–Crippen MR) is 109 cm³/mol. The lowest BCUT2D eigenvalue weighted by atomic mass is 10.2. The van der Waals surface area contributed by atoms with Gasteiger partial charge >= 0.3 is 0 Å². The first-order chi connectivity index (χ1) is 13.5. The highest BCUT2D eigenvalue weighted by Crippen LogP contribution is 2.26. The zero-order chi connectivity index (χ0) is 19.9. The van der Waals surface area contributed by atoms with Gasteiger partial charge in [-0.05, 0) is 37.6 Å². The Hall–Kier alpha value is -2.80.